The second-order valence-electron chi connectivity index (χ2n) is 17.1. The molecule has 0 amide bonds. The molecule has 3 aromatic carbocycles. The fraction of sp³-hybridized carbons (Fsp3) is 0.458. The van der Waals surface area contributed by atoms with Crippen molar-refractivity contribution in [1.29, 1.82) is 0 Å². The number of rotatable bonds is 6. The molecule has 1 heterocycles. The summed E-state index contributed by atoms with van der Waals surface area (Å²) in [5.74, 6) is 4.16. The van der Waals surface area contributed by atoms with Crippen LogP contribution in [0.5, 0.6) is 11.5 Å². The molecule has 1 N–H and O–H groups in total. The van der Waals surface area contributed by atoms with E-state index in [2.05, 4.69) is 92.1 Å². The summed E-state index contributed by atoms with van der Waals surface area (Å²) in [5, 5.41) is 10.0. The molecule has 276 valence electrons. The summed E-state index contributed by atoms with van der Waals surface area (Å²) in [5.41, 5.74) is 7.39. The number of allylic oxidation sites excluding steroid dienone is 5. The number of carbonyl (C=O) groups excluding carboxylic acids is 2. The van der Waals surface area contributed by atoms with Gasteiger partial charge in [-0.2, -0.15) is 0 Å². The van der Waals surface area contributed by atoms with Crippen molar-refractivity contribution in [3.05, 3.63) is 131 Å². The topological polar surface area (TPSA) is 66.8 Å². The number of benzene rings is 3. The van der Waals surface area contributed by atoms with Gasteiger partial charge in [-0.15, -0.1) is 0 Å². The van der Waals surface area contributed by atoms with Gasteiger partial charge in [0.05, 0.1) is 0 Å². The van der Waals surface area contributed by atoms with Gasteiger partial charge in [0.15, 0.2) is 5.78 Å². The van der Waals surface area contributed by atoms with E-state index in [9.17, 15) is 14.7 Å². The SMILES string of the molecule is C=C1C[C@@H]2[C@H](CC[C@]3(C)C(=O)CC[C@@H]23)[C@@]2(C)C=CC(=O)C=C12.Oc1ccc2c(c1)CC[C@H](c1ccccc1)[C@@H]2c1ccc(OCCN2CCCC2)cc1. The second-order valence-corrected chi connectivity index (χ2v) is 17.1. The molecule has 9 rings (SSSR count). The number of fused-ring (bicyclic) bond motifs is 6. The van der Waals surface area contributed by atoms with Crippen molar-refractivity contribution < 1.29 is 19.4 Å². The van der Waals surface area contributed by atoms with E-state index in [-0.39, 0.29) is 22.5 Å². The van der Waals surface area contributed by atoms with Gasteiger partial charge in [-0.05, 0) is 152 Å². The van der Waals surface area contributed by atoms with E-state index in [0.29, 0.717) is 35.2 Å². The highest BCUT2D eigenvalue weighted by atomic mass is 16.5. The molecule has 3 aromatic rings. The molecular weight excluding hydrogens is 655 g/mol. The third kappa shape index (κ3) is 6.75. The number of ether oxygens (including phenoxy) is 1. The van der Waals surface area contributed by atoms with Gasteiger partial charge in [-0.25, -0.2) is 0 Å². The minimum Gasteiger partial charge on any atom is -0.508 e. The van der Waals surface area contributed by atoms with Crippen molar-refractivity contribution in [1.82, 2.24) is 4.90 Å². The average Bonchev–Trinajstić information content (AvgIpc) is 3.80. The number of Topliss-reactive ketones (excluding diaryl/α,β-unsaturated/α-hetero) is 1. The number of aryl methyl sites for hydroxylation is 1. The fourth-order valence-electron chi connectivity index (χ4n) is 11.3. The minimum absolute atomic E-state index is 0.0686. The van der Waals surface area contributed by atoms with Crippen LogP contribution in [-0.4, -0.2) is 47.8 Å². The fourth-order valence-corrected chi connectivity index (χ4v) is 11.3. The third-order valence-corrected chi connectivity index (χ3v) is 14.2. The number of ketones is 2. The van der Waals surface area contributed by atoms with Gasteiger partial charge in [-0.3, -0.25) is 14.5 Å². The number of nitrogens with zero attached hydrogens (tertiary/aromatic N) is 1. The molecule has 0 aromatic heterocycles. The number of likely N-dealkylation sites (tertiary alicyclic amines) is 1. The maximum absolute atomic E-state index is 12.4. The normalized spacial score (nSPS) is 31.8. The van der Waals surface area contributed by atoms with Crippen LogP contribution in [0.15, 0.2) is 109 Å². The molecule has 5 nitrogen and oxygen atoms in total. The zero-order valence-corrected chi connectivity index (χ0v) is 31.6. The zero-order valence-electron chi connectivity index (χ0n) is 31.6. The molecule has 0 radical (unpaired) electrons. The van der Waals surface area contributed by atoms with Crippen LogP contribution in [-0.2, 0) is 16.0 Å². The Morgan fingerprint density at radius 3 is 2.43 bits per heavy atom. The van der Waals surface area contributed by atoms with Crippen molar-refractivity contribution in [2.75, 3.05) is 26.2 Å². The predicted octanol–water partition coefficient (Wildman–Crippen LogP) is 9.76. The maximum Gasteiger partial charge on any atom is 0.178 e. The number of aromatic hydroxyl groups is 1. The van der Waals surface area contributed by atoms with Gasteiger partial charge < -0.3 is 9.84 Å². The Bertz CT molecular complexity index is 1920. The summed E-state index contributed by atoms with van der Waals surface area (Å²) in [6, 6.07) is 25.4. The average molecular weight is 710 g/mol. The molecule has 6 aliphatic rings. The second kappa shape index (κ2) is 14.5. The third-order valence-electron chi connectivity index (χ3n) is 14.2. The van der Waals surface area contributed by atoms with Crippen LogP contribution < -0.4 is 4.74 Å². The summed E-state index contributed by atoms with van der Waals surface area (Å²) < 4.78 is 6.03. The van der Waals surface area contributed by atoms with Crippen molar-refractivity contribution in [3.63, 3.8) is 0 Å². The van der Waals surface area contributed by atoms with Crippen molar-refractivity contribution in [2.24, 2.45) is 28.6 Å². The lowest BCUT2D eigenvalue weighted by molar-refractivity contribution is -0.131. The first kappa shape index (κ1) is 35.8. The van der Waals surface area contributed by atoms with Crippen LogP contribution in [0.3, 0.4) is 0 Å². The van der Waals surface area contributed by atoms with Crippen molar-refractivity contribution >= 4 is 11.6 Å². The highest BCUT2D eigenvalue weighted by molar-refractivity contribution is 6.02. The molecule has 0 unspecified atom stereocenters. The van der Waals surface area contributed by atoms with Gasteiger partial charge in [0.25, 0.3) is 0 Å². The molecule has 1 aliphatic heterocycles. The number of carbonyl (C=O) groups is 2. The van der Waals surface area contributed by atoms with Crippen LogP contribution in [0.25, 0.3) is 0 Å². The van der Waals surface area contributed by atoms with E-state index >= 15 is 0 Å². The number of hydrogen-bond donors (Lipinski definition) is 1. The van der Waals surface area contributed by atoms with Gasteiger partial charge in [0.1, 0.15) is 23.9 Å². The summed E-state index contributed by atoms with van der Waals surface area (Å²) in [6.45, 7) is 12.9. The van der Waals surface area contributed by atoms with E-state index < -0.39 is 0 Å². The number of phenolic OH excluding ortho intramolecular Hbond substituents is 1. The van der Waals surface area contributed by atoms with Gasteiger partial charge in [0.2, 0.25) is 0 Å². The molecule has 0 spiro atoms. The highest BCUT2D eigenvalue weighted by Gasteiger charge is 2.59. The zero-order chi connectivity index (χ0) is 36.7. The quantitative estimate of drug-likeness (QED) is 0.276. The Morgan fingerprint density at radius 2 is 1.66 bits per heavy atom. The summed E-state index contributed by atoms with van der Waals surface area (Å²) in [6.07, 6.45) is 15.2. The lowest BCUT2D eigenvalue weighted by Crippen LogP contribution is -2.50. The standard InChI is InChI=1S/C28H31NO2.C20H24O2/c30-24-11-15-27-23(20-24)10-14-26(21-6-2-1-3-7-21)28(27)22-8-12-25(13-9-22)31-19-18-29-16-4-5-17-29;1-12-10-14-15-4-5-18(22)20(15,3)9-7-16(14)19(2)8-6-13(21)11-17(12)19/h1-3,6-9,11-13,15,20,26,28,30H,4-5,10,14,16-19H2;6,8,11,14-16H,1,4-5,7,9-10H2,2-3H3/t26-,28+;14-,15-,16-,19+,20-/m10/s1. The van der Waals surface area contributed by atoms with E-state index in [4.69, 9.17) is 4.74 Å². The maximum atomic E-state index is 12.4. The lowest BCUT2D eigenvalue weighted by atomic mass is 9.48. The molecule has 1 saturated heterocycles. The monoisotopic (exact) mass is 709 g/mol. The van der Waals surface area contributed by atoms with E-state index in [0.717, 1.165) is 75.0 Å². The first-order valence-corrected chi connectivity index (χ1v) is 20.1. The van der Waals surface area contributed by atoms with Gasteiger partial charge >= 0.3 is 0 Å². The molecule has 5 aliphatic carbocycles. The van der Waals surface area contributed by atoms with E-state index in [1.807, 2.05) is 12.1 Å². The van der Waals surface area contributed by atoms with Crippen LogP contribution in [0.4, 0.5) is 0 Å². The largest absolute Gasteiger partial charge is 0.508 e. The smallest absolute Gasteiger partial charge is 0.178 e. The van der Waals surface area contributed by atoms with Gasteiger partial charge in [0, 0.05) is 29.7 Å². The molecule has 7 atom stereocenters. The first-order valence-electron chi connectivity index (χ1n) is 20.1. The van der Waals surface area contributed by atoms with Crippen molar-refractivity contribution in [2.45, 2.75) is 83.5 Å². The van der Waals surface area contributed by atoms with E-state index in [1.54, 1.807) is 12.2 Å². The Morgan fingerprint density at radius 1 is 0.887 bits per heavy atom. The molecule has 4 fully saturated rings. The van der Waals surface area contributed by atoms with Crippen LogP contribution in [0, 0.1) is 28.6 Å². The molecule has 3 saturated carbocycles. The predicted molar refractivity (Wildman–Crippen MR) is 211 cm³/mol. The Hall–Kier alpha value is -4.22. The Kier molecular flexibility index (Phi) is 9.82. The van der Waals surface area contributed by atoms with Crippen LogP contribution >= 0.6 is 0 Å². The summed E-state index contributed by atoms with van der Waals surface area (Å²) in [7, 11) is 0. The van der Waals surface area contributed by atoms with Gasteiger partial charge in [-0.1, -0.05) is 80.6 Å². The lowest BCUT2D eigenvalue weighted by Gasteiger charge is -2.56. The Labute approximate surface area is 315 Å². The Balaban J connectivity index is 0.000000160. The summed E-state index contributed by atoms with van der Waals surface area (Å²) >= 11 is 0. The minimum atomic E-state index is -0.104. The highest BCUT2D eigenvalue weighted by Crippen LogP contribution is 2.64. The first-order chi connectivity index (χ1) is 25.6. The molecule has 0 bridgehead atoms. The number of hydrogen-bond acceptors (Lipinski definition) is 5. The van der Waals surface area contributed by atoms with Crippen molar-refractivity contribution in [3.8, 4) is 11.5 Å². The van der Waals surface area contributed by atoms with E-state index in [1.165, 1.54) is 48.2 Å². The molecule has 53 heavy (non-hydrogen) atoms. The van der Waals surface area contributed by atoms with Crippen LogP contribution in [0.2, 0.25) is 0 Å². The molecule has 5 heteroatoms. The van der Waals surface area contributed by atoms with Crippen LogP contribution in [0.1, 0.15) is 99.3 Å². The summed E-state index contributed by atoms with van der Waals surface area (Å²) in [4.78, 5) is 26.7. The molecular formula is C48H55NO4. The number of phenols is 1.